The zero-order valence-electron chi connectivity index (χ0n) is 18.2. The second-order valence-corrected chi connectivity index (χ2v) is 11.5. The zero-order chi connectivity index (χ0) is 23.1. The first-order chi connectivity index (χ1) is 16.7. The number of aromatic nitrogens is 8. The molecule has 1 aliphatic heterocycles. The normalized spacial score (nSPS) is 24.5. The van der Waals surface area contributed by atoms with Gasteiger partial charge in [0.15, 0.2) is 0 Å². The molecular formula is C22H21IN10O. The summed E-state index contributed by atoms with van der Waals surface area (Å²) in [4.78, 5) is 10.4. The number of nitrogens with zero attached hydrogens (tertiary/aromatic N) is 10. The third-order valence-corrected chi connectivity index (χ3v) is 8.99. The maximum absolute atomic E-state index is 9.43. The molecule has 0 N–H and O–H groups in total. The van der Waals surface area contributed by atoms with Crippen LogP contribution in [0.2, 0.25) is 0 Å². The first kappa shape index (κ1) is 21.2. The van der Waals surface area contributed by atoms with E-state index >= 15 is 0 Å². The average Bonchev–Trinajstić information content (AvgIpc) is 3.61. The molecule has 2 aliphatic rings. The van der Waals surface area contributed by atoms with Crippen molar-refractivity contribution in [1.82, 2.24) is 39.4 Å². The van der Waals surface area contributed by atoms with Crippen LogP contribution in [0.15, 0.2) is 37.1 Å². The Hall–Kier alpha value is -3.36. The number of rotatable bonds is 5. The number of fused-ring (bicyclic) bond motifs is 1. The van der Waals surface area contributed by atoms with Gasteiger partial charge in [0.25, 0.3) is 0 Å². The van der Waals surface area contributed by atoms with E-state index < -0.39 is 21.2 Å². The van der Waals surface area contributed by atoms with E-state index in [0.29, 0.717) is 11.4 Å². The Morgan fingerprint density at radius 2 is 2.09 bits per heavy atom. The molecular weight excluding hydrogens is 547 g/mol. The standard InChI is InChI=1S/C22H21IN10O/c1-25-16-8-22(9-16,23-14-24)32-12-15(10-27-32)21-19-5-6-26-31(19)13-18(29-21)17-11-28-33(30-17)20-4-2-3-7-34-20/h1,5-6,10-13,16,20H,2-4,7-9H2. The molecule has 4 aromatic heterocycles. The molecule has 5 heterocycles. The number of hydrogen-bond acceptors (Lipinski definition) is 7. The van der Waals surface area contributed by atoms with E-state index in [-0.39, 0.29) is 15.8 Å². The zero-order valence-corrected chi connectivity index (χ0v) is 20.4. The predicted octanol–water partition coefficient (Wildman–Crippen LogP) is -0.102. The first-order valence-corrected chi connectivity index (χ1v) is 13.2. The molecule has 0 bridgehead atoms. The van der Waals surface area contributed by atoms with Crippen molar-refractivity contribution in [3.63, 3.8) is 0 Å². The summed E-state index contributed by atoms with van der Waals surface area (Å²) in [6.45, 7) is 6.21. The number of alkyl halides is 1. The molecule has 2 fully saturated rings. The van der Waals surface area contributed by atoms with E-state index in [1.165, 1.54) is 0 Å². The fraction of sp³-hybridized carbons (Fsp3) is 0.409. The number of hydrogen-bond donors (Lipinski definition) is 0. The van der Waals surface area contributed by atoms with Gasteiger partial charge in [-0.3, -0.25) is 0 Å². The Labute approximate surface area is 205 Å². The maximum atomic E-state index is 9.43. The van der Waals surface area contributed by atoms with Crippen LogP contribution < -0.4 is 21.2 Å². The number of nitriles is 1. The van der Waals surface area contributed by atoms with Crippen LogP contribution in [0.4, 0.5) is 0 Å². The van der Waals surface area contributed by atoms with Crippen molar-refractivity contribution < 1.29 is 25.9 Å². The Balaban J connectivity index is 1.37. The Morgan fingerprint density at radius 3 is 2.88 bits per heavy atom. The summed E-state index contributed by atoms with van der Waals surface area (Å²) in [5, 5.41) is 27.6. The minimum absolute atomic E-state index is 0.0828. The summed E-state index contributed by atoms with van der Waals surface area (Å²) in [5.41, 5.74) is 3.77. The predicted molar refractivity (Wildman–Crippen MR) is 117 cm³/mol. The van der Waals surface area contributed by atoms with Gasteiger partial charge in [-0.1, -0.05) is 0 Å². The van der Waals surface area contributed by atoms with Gasteiger partial charge in [0.1, 0.15) is 0 Å². The molecule has 0 radical (unpaired) electrons. The van der Waals surface area contributed by atoms with Crippen LogP contribution in [0.1, 0.15) is 38.3 Å². The third kappa shape index (κ3) is 3.54. The molecule has 1 saturated heterocycles. The van der Waals surface area contributed by atoms with Crippen LogP contribution in [0.25, 0.3) is 33.0 Å². The van der Waals surface area contributed by atoms with Crippen molar-refractivity contribution in [2.24, 2.45) is 0 Å². The monoisotopic (exact) mass is 568 g/mol. The molecule has 1 aliphatic carbocycles. The van der Waals surface area contributed by atoms with Crippen molar-refractivity contribution >= 4 is 5.52 Å². The minimum atomic E-state index is -0.757. The van der Waals surface area contributed by atoms with Crippen LogP contribution >= 0.6 is 0 Å². The molecule has 1 saturated carbocycles. The van der Waals surface area contributed by atoms with E-state index in [0.717, 1.165) is 55.5 Å². The molecule has 11 nitrogen and oxygen atoms in total. The van der Waals surface area contributed by atoms with Crippen LogP contribution in [0.5, 0.6) is 0 Å². The van der Waals surface area contributed by atoms with E-state index in [4.69, 9.17) is 16.3 Å². The number of ether oxygens (including phenoxy) is 1. The van der Waals surface area contributed by atoms with Gasteiger partial charge in [-0.25, -0.2) is 0 Å². The second-order valence-electron chi connectivity index (χ2n) is 8.49. The molecule has 4 aromatic rings. The van der Waals surface area contributed by atoms with Gasteiger partial charge in [0.2, 0.25) is 0 Å². The third-order valence-electron chi connectivity index (χ3n) is 6.37. The fourth-order valence-electron chi connectivity index (χ4n) is 4.52. The molecule has 0 aromatic carbocycles. The fourth-order valence-corrected chi connectivity index (χ4v) is 6.94. The molecule has 0 spiro atoms. The van der Waals surface area contributed by atoms with Gasteiger partial charge in [0, 0.05) is 6.61 Å². The van der Waals surface area contributed by atoms with E-state index in [1.807, 2.05) is 23.1 Å². The Kier molecular flexibility index (Phi) is 5.27. The average molecular weight is 568 g/mol. The van der Waals surface area contributed by atoms with Crippen molar-refractivity contribution in [3.8, 4) is 33.3 Å². The Bertz CT molecular complexity index is 1430. The summed E-state index contributed by atoms with van der Waals surface area (Å²) in [7, 11) is 0. The van der Waals surface area contributed by atoms with Gasteiger partial charge in [-0.2, -0.15) is 0 Å². The van der Waals surface area contributed by atoms with Crippen molar-refractivity contribution in [1.29, 1.82) is 5.26 Å². The summed E-state index contributed by atoms with van der Waals surface area (Å²) >= 11 is -0.757. The molecule has 1 atom stereocenters. The summed E-state index contributed by atoms with van der Waals surface area (Å²) < 4.78 is 11.6. The van der Waals surface area contributed by atoms with Crippen LogP contribution in [0, 0.1) is 15.9 Å². The molecule has 34 heavy (non-hydrogen) atoms. The van der Waals surface area contributed by atoms with Crippen LogP contribution in [0.3, 0.4) is 0 Å². The van der Waals surface area contributed by atoms with E-state index in [2.05, 4.69) is 29.3 Å². The summed E-state index contributed by atoms with van der Waals surface area (Å²) in [5.74, 6) is 0. The summed E-state index contributed by atoms with van der Waals surface area (Å²) in [6.07, 6.45) is 13.5. The van der Waals surface area contributed by atoms with Crippen molar-refractivity contribution in [2.45, 2.75) is 47.9 Å². The van der Waals surface area contributed by atoms with Crippen molar-refractivity contribution in [2.75, 3.05) is 6.61 Å². The van der Waals surface area contributed by atoms with Crippen LogP contribution in [-0.4, -0.2) is 52.0 Å². The summed E-state index contributed by atoms with van der Waals surface area (Å²) in [6, 6.07) is 2.00. The van der Waals surface area contributed by atoms with Gasteiger partial charge in [-0.15, -0.1) is 0 Å². The van der Waals surface area contributed by atoms with Gasteiger partial charge >= 0.3 is 186 Å². The number of halogens is 1. The molecule has 172 valence electrons. The quantitative estimate of drug-likeness (QED) is 0.244. The van der Waals surface area contributed by atoms with Gasteiger partial charge < -0.3 is 0 Å². The molecule has 6 rings (SSSR count). The van der Waals surface area contributed by atoms with E-state index in [1.54, 1.807) is 27.9 Å². The van der Waals surface area contributed by atoms with E-state index in [9.17, 15) is 5.26 Å². The van der Waals surface area contributed by atoms with Gasteiger partial charge in [-0.05, 0) is 12.8 Å². The second kappa shape index (κ2) is 8.45. The Morgan fingerprint density at radius 1 is 1.18 bits per heavy atom. The van der Waals surface area contributed by atoms with Crippen LogP contribution in [-0.2, 0) is 8.28 Å². The SMILES string of the molecule is C#[N+]C1CC([I-]C#N)(n2cc(-c3nc(-c4cnn(C5CCCCO5)n4)cn4nccc34)cn2)C1. The molecule has 12 heteroatoms. The van der Waals surface area contributed by atoms with Crippen molar-refractivity contribution in [3.05, 3.63) is 41.9 Å². The van der Waals surface area contributed by atoms with Gasteiger partial charge in [0.05, 0.1) is 0 Å². The first-order valence-electron chi connectivity index (χ1n) is 11.1. The topological polar surface area (TPSA) is 116 Å². The molecule has 0 amide bonds. The molecule has 1 unspecified atom stereocenters.